The van der Waals surface area contributed by atoms with Crippen molar-refractivity contribution in [3.05, 3.63) is 29.1 Å². The molecule has 0 aliphatic heterocycles. The lowest BCUT2D eigenvalue weighted by Crippen LogP contribution is -2.40. The Balaban J connectivity index is 3.06. The van der Waals surface area contributed by atoms with E-state index in [1.54, 1.807) is 12.1 Å². The molecule has 0 aliphatic carbocycles. The second-order valence-corrected chi connectivity index (χ2v) is 16.0. The van der Waals surface area contributed by atoms with Crippen LogP contribution in [0.1, 0.15) is 37.7 Å². The number of hydrogen-bond acceptors (Lipinski definition) is 8. The smallest absolute Gasteiger partial charge is 0.264 e. The van der Waals surface area contributed by atoms with E-state index in [-0.39, 0.29) is 18.3 Å². The van der Waals surface area contributed by atoms with Crippen LogP contribution in [0.4, 0.5) is 0 Å². The molecule has 8 nitrogen and oxygen atoms in total. The average Bonchev–Trinajstić information content (AvgIpc) is 2.46. The van der Waals surface area contributed by atoms with E-state index < -0.39 is 28.6 Å². The van der Waals surface area contributed by atoms with Crippen molar-refractivity contribution in [1.29, 1.82) is 0 Å². The van der Waals surface area contributed by atoms with Crippen LogP contribution in [0.3, 0.4) is 0 Å². The molecule has 1 aromatic rings. The number of nitrogens with zero attached hydrogens (tertiary/aromatic N) is 1. The summed E-state index contributed by atoms with van der Waals surface area (Å²) in [5.41, 5.74) is 1.45. The van der Waals surface area contributed by atoms with Gasteiger partial charge in [0.15, 0.2) is 8.32 Å². The molecular formula is C16H29NO7S2Si. The molecule has 0 bridgehead atoms. The number of rotatable bonds is 9. The lowest BCUT2D eigenvalue weighted by molar-refractivity contribution is 0.273. The molecule has 1 heterocycles. The molecule has 0 spiro atoms. The van der Waals surface area contributed by atoms with Gasteiger partial charge in [-0.3, -0.25) is 13.4 Å². The third-order valence-electron chi connectivity index (χ3n) is 4.24. The molecule has 0 aliphatic rings. The van der Waals surface area contributed by atoms with Crippen LogP contribution in [0.5, 0.6) is 0 Å². The molecule has 156 valence electrons. The SMILES string of the molecule is CC(C)(C)[Si](C)(C)OCc1cc(COS(C)(=O)=O)nc(COS(C)(=O)=O)c1. The molecule has 0 amide bonds. The molecule has 27 heavy (non-hydrogen) atoms. The fraction of sp³-hybridized carbons (Fsp3) is 0.688. The fourth-order valence-corrected chi connectivity index (χ4v) is 3.40. The van der Waals surface area contributed by atoms with E-state index in [1.165, 1.54) is 0 Å². The first-order valence-electron chi connectivity index (χ1n) is 8.30. The quantitative estimate of drug-likeness (QED) is 0.426. The van der Waals surface area contributed by atoms with Crippen molar-refractivity contribution < 1.29 is 29.6 Å². The van der Waals surface area contributed by atoms with Crippen LogP contribution >= 0.6 is 0 Å². The van der Waals surface area contributed by atoms with E-state index in [9.17, 15) is 16.8 Å². The van der Waals surface area contributed by atoms with Gasteiger partial charge in [-0.1, -0.05) is 20.8 Å². The van der Waals surface area contributed by atoms with E-state index in [1.807, 2.05) is 0 Å². The largest absolute Gasteiger partial charge is 0.413 e. The normalized spacial score (nSPS) is 13.7. The van der Waals surface area contributed by atoms with E-state index in [2.05, 4.69) is 38.8 Å². The van der Waals surface area contributed by atoms with Gasteiger partial charge in [0.25, 0.3) is 20.2 Å². The number of pyridine rings is 1. The third kappa shape index (κ3) is 9.26. The summed E-state index contributed by atoms with van der Waals surface area (Å²) in [5.74, 6) is 0. The monoisotopic (exact) mass is 439 g/mol. The predicted molar refractivity (Wildman–Crippen MR) is 105 cm³/mol. The van der Waals surface area contributed by atoms with Crippen LogP contribution < -0.4 is 0 Å². The lowest BCUT2D eigenvalue weighted by atomic mass is 10.2. The maximum atomic E-state index is 11.2. The third-order valence-corrected chi connectivity index (χ3v) is 9.81. The summed E-state index contributed by atoms with van der Waals surface area (Å²) < 4.78 is 60.7. The van der Waals surface area contributed by atoms with Crippen LogP contribution in [0.15, 0.2) is 12.1 Å². The highest BCUT2D eigenvalue weighted by Crippen LogP contribution is 2.37. The Morgan fingerprint density at radius 3 is 1.63 bits per heavy atom. The highest BCUT2D eigenvalue weighted by atomic mass is 32.2. The maximum absolute atomic E-state index is 11.2. The van der Waals surface area contributed by atoms with Gasteiger partial charge in [0.05, 0.1) is 30.5 Å². The van der Waals surface area contributed by atoms with E-state index in [4.69, 9.17) is 12.8 Å². The molecule has 0 unspecified atom stereocenters. The van der Waals surface area contributed by atoms with Crippen molar-refractivity contribution in [3.8, 4) is 0 Å². The molecule has 0 fully saturated rings. The predicted octanol–water partition coefficient (Wildman–Crippen LogP) is 2.56. The van der Waals surface area contributed by atoms with E-state index in [0.717, 1.165) is 18.1 Å². The minimum Gasteiger partial charge on any atom is -0.413 e. The molecule has 1 aromatic heterocycles. The summed E-state index contributed by atoms with van der Waals surface area (Å²) in [6.45, 7) is 10.4. The summed E-state index contributed by atoms with van der Waals surface area (Å²) in [6, 6.07) is 3.37. The molecule has 0 saturated heterocycles. The van der Waals surface area contributed by atoms with Gasteiger partial charge in [-0.25, -0.2) is 0 Å². The van der Waals surface area contributed by atoms with E-state index >= 15 is 0 Å². The van der Waals surface area contributed by atoms with Crippen molar-refractivity contribution >= 4 is 28.6 Å². The van der Waals surface area contributed by atoms with Crippen molar-refractivity contribution in [2.75, 3.05) is 12.5 Å². The Morgan fingerprint density at radius 2 is 1.30 bits per heavy atom. The molecular weight excluding hydrogens is 410 g/mol. The van der Waals surface area contributed by atoms with Crippen LogP contribution in [0.2, 0.25) is 18.1 Å². The standard InChI is InChI=1S/C16H29NO7S2Si/c1-16(2,3)27(6,7)24-10-13-8-14(11-22-25(4,18)19)17-15(9-13)12-23-26(5,20)21/h8-9H,10-12H2,1-7H3. The first-order chi connectivity index (χ1) is 12.0. The van der Waals surface area contributed by atoms with Crippen molar-refractivity contribution in [2.45, 2.75) is 58.7 Å². The Hall–Kier alpha value is -0.853. The molecule has 1 rings (SSSR count). The average molecular weight is 440 g/mol. The fourth-order valence-electron chi connectivity index (χ4n) is 1.76. The molecule has 0 N–H and O–H groups in total. The Bertz CT molecular complexity index is 805. The summed E-state index contributed by atoms with van der Waals surface area (Å²) in [5, 5.41) is 0.0322. The number of aromatic nitrogens is 1. The van der Waals surface area contributed by atoms with Crippen LogP contribution in [0.25, 0.3) is 0 Å². The minimum absolute atomic E-state index is 0.0322. The van der Waals surface area contributed by atoms with E-state index in [0.29, 0.717) is 18.0 Å². The van der Waals surface area contributed by atoms with Gasteiger partial charge in [0, 0.05) is 0 Å². The Labute approximate surface area is 163 Å². The van der Waals surface area contributed by atoms with Gasteiger partial charge >= 0.3 is 0 Å². The highest BCUT2D eigenvalue weighted by Gasteiger charge is 2.37. The second-order valence-electron chi connectivity index (χ2n) is 7.94. The van der Waals surface area contributed by atoms with Crippen molar-refractivity contribution in [2.24, 2.45) is 0 Å². The van der Waals surface area contributed by atoms with Crippen molar-refractivity contribution in [1.82, 2.24) is 4.98 Å². The molecule has 11 heteroatoms. The van der Waals surface area contributed by atoms with Gasteiger partial charge in [-0.05, 0) is 35.8 Å². The molecule has 0 saturated carbocycles. The van der Waals surface area contributed by atoms with Gasteiger partial charge < -0.3 is 4.43 Å². The van der Waals surface area contributed by atoms with Gasteiger partial charge in [0.1, 0.15) is 13.2 Å². The summed E-state index contributed by atoms with van der Waals surface area (Å²) in [7, 11) is -9.25. The van der Waals surface area contributed by atoms with Gasteiger partial charge in [-0.2, -0.15) is 16.8 Å². The van der Waals surface area contributed by atoms with Crippen LogP contribution in [-0.2, 0) is 52.8 Å². The molecule has 0 atom stereocenters. The summed E-state index contributed by atoms with van der Waals surface area (Å²) in [4.78, 5) is 4.21. The molecule has 0 radical (unpaired) electrons. The summed E-state index contributed by atoms with van der Waals surface area (Å²) >= 11 is 0. The zero-order valence-electron chi connectivity index (χ0n) is 16.9. The highest BCUT2D eigenvalue weighted by molar-refractivity contribution is 7.86. The summed E-state index contributed by atoms with van der Waals surface area (Å²) in [6.07, 6.45) is 1.90. The van der Waals surface area contributed by atoms with Crippen LogP contribution in [-0.4, -0.2) is 42.6 Å². The van der Waals surface area contributed by atoms with Crippen LogP contribution in [0, 0.1) is 0 Å². The Morgan fingerprint density at radius 1 is 0.889 bits per heavy atom. The van der Waals surface area contributed by atoms with Gasteiger partial charge in [-0.15, -0.1) is 0 Å². The Kier molecular flexibility index (Phi) is 7.76. The maximum Gasteiger partial charge on any atom is 0.264 e. The zero-order valence-corrected chi connectivity index (χ0v) is 19.5. The minimum atomic E-state index is -3.63. The second kappa shape index (κ2) is 8.66. The lowest BCUT2D eigenvalue weighted by Gasteiger charge is -2.36. The zero-order chi connectivity index (χ0) is 21.1. The molecule has 0 aromatic carbocycles. The van der Waals surface area contributed by atoms with Crippen molar-refractivity contribution in [3.63, 3.8) is 0 Å². The van der Waals surface area contributed by atoms with Gasteiger partial charge in [0.2, 0.25) is 0 Å². The first-order valence-corrected chi connectivity index (χ1v) is 14.8. The number of hydrogen-bond donors (Lipinski definition) is 0. The topological polar surface area (TPSA) is 109 Å². The first kappa shape index (κ1) is 24.2.